The van der Waals surface area contributed by atoms with Crippen LogP contribution in [0.1, 0.15) is 41.5 Å². The number of methoxy groups -OCH3 is 1. The molecule has 1 aromatic carbocycles. The molecule has 2 fully saturated rings. The molecule has 1 aromatic heterocycles. The van der Waals surface area contributed by atoms with Gasteiger partial charge in [-0.3, -0.25) is 5.10 Å². The molecule has 1 spiro atoms. The maximum Gasteiger partial charge on any atom is 0.243 e. The Morgan fingerprint density at radius 3 is 2.74 bits per heavy atom. The minimum Gasteiger partial charge on any atom is -0.384 e. The van der Waals surface area contributed by atoms with Gasteiger partial charge in [-0.2, -0.15) is 9.40 Å². The van der Waals surface area contributed by atoms with E-state index in [1.54, 1.807) is 17.5 Å². The van der Waals surface area contributed by atoms with Crippen molar-refractivity contribution in [2.24, 2.45) is 5.41 Å². The summed E-state index contributed by atoms with van der Waals surface area (Å²) in [7, 11) is 0.276. The SMILES string of the molecule is COCCc1nc(C2CN(C)CC23CN(S(=O)(=O)c2ccc4c(c2)CCCC4)C3)n[nH]1. The van der Waals surface area contributed by atoms with Crippen molar-refractivity contribution in [2.75, 3.05) is 46.9 Å². The molecule has 5 rings (SSSR count). The van der Waals surface area contributed by atoms with E-state index in [1.165, 1.54) is 17.5 Å². The van der Waals surface area contributed by atoms with Crippen LogP contribution in [0, 0.1) is 5.41 Å². The van der Waals surface area contributed by atoms with Gasteiger partial charge in [0.1, 0.15) is 5.82 Å². The van der Waals surface area contributed by atoms with Gasteiger partial charge in [0.15, 0.2) is 5.82 Å². The molecule has 2 saturated heterocycles. The Hall–Kier alpha value is -1.81. The summed E-state index contributed by atoms with van der Waals surface area (Å²) in [5, 5.41) is 7.49. The second kappa shape index (κ2) is 7.95. The van der Waals surface area contributed by atoms with Gasteiger partial charge in [0.25, 0.3) is 0 Å². The lowest BCUT2D eigenvalue weighted by Gasteiger charge is -2.49. The van der Waals surface area contributed by atoms with Gasteiger partial charge in [0, 0.05) is 51.0 Å². The van der Waals surface area contributed by atoms with Crippen LogP contribution in [0.4, 0.5) is 0 Å². The Kier molecular flexibility index (Phi) is 5.40. The molecule has 9 heteroatoms. The highest BCUT2D eigenvalue weighted by atomic mass is 32.2. The molecule has 3 aliphatic rings. The van der Waals surface area contributed by atoms with E-state index in [0.29, 0.717) is 31.0 Å². The second-order valence-corrected chi connectivity index (χ2v) is 11.3. The number of fused-ring (bicyclic) bond motifs is 1. The summed E-state index contributed by atoms with van der Waals surface area (Å²) in [6.45, 7) is 3.33. The van der Waals surface area contributed by atoms with Crippen molar-refractivity contribution >= 4 is 10.0 Å². The highest BCUT2D eigenvalue weighted by Crippen LogP contribution is 2.49. The van der Waals surface area contributed by atoms with Crippen molar-refractivity contribution in [3.63, 3.8) is 0 Å². The Morgan fingerprint density at radius 1 is 1.19 bits per heavy atom. The molecule has 1 N–H and O–H groups in total. The average Bonchev–Trinajstić information content (AvgIpc) is 3.34. The maximum atomic E-state index is 13.3. The molecule has 1 aliphatic carbocycles. The predicted octanol–water partition coefficient (Wildman–Crippen LogP) is 1.59. The third kappa shape index (κ3) is 3.71. The molecule has 0 saturated carbocycles. The molecule has 1 unspecified atom stereocenters. The minimum absolute atomic E-state index is 0.125. The van der Waals surface area contributed by atoms with Crippen LogP contribution in [-0.2, 0) is 34.0 Å². The Balaban J connectivity index is 1.34. The number of sulfonamides is 1. The fraction of sp³-hybridized carbons (Fsp3) is 0.636. The number of aromatic amines is 1. The zero-order chi connectivity index (χ0) is 21.6. The third-order valence-electron chi connectivity index (χ3n) is 7.16. The van der Waals surface area contributed by atoms with E-state index < -0.39 is 10.0 Å². The number of hydrogen-bond donors (Lipinski definition) is 1. The second-order valence-electron chi connectivity index (χ2n) is 9.41. The van der Waals surface area contributed by atoms with E-state index in [2.05, 4.69) is 22.1 Å². The van der Waals surface area contributed by atoms with Gasteiger partial charge in [-0.05, 0) is 56.0 Å². The van der Waals surface area contributed by atoms with Gasteiger partial charge < -0.3 is 9.64 Å². The molecule has 0 radical (unpaired) electrons. The summed E-state index contributed by atoms with van der Waals surface area (Å²) < 4.78 is 33.5. The summed E-state index contributed by atoms with van der Waals surface area (Å²) in [4.78, 5) is 7.39. The van der Waals surface area contributed by atoms with E-state index in [9.17, 15) is 8.42 Å². The molecule has 1 atom stereocenters. The number of rotatable bonds is 6. The van der Waals surface area contributed by atoms with E-state index in [0.717, 1.165) is 44.0 Å². The lowest BCUT2D eigenvalue weighted by atomic mass is 9.72. The Bertz CT molecular complexity index is 1060. The first-order valence-corrected chi connectivity index (χ1v) is 12.6. The number of ether oxygens (including phenoxy) is 1. The Labute approximate surface area is 184 Å². The van der Waals surface area contributed by atoms with Crippen LogP contribution in [0.25, 0.3) is 0 Å². The minimum atomic E-state index is -3.48. The van der Waals surface area contributed by atoms with E-state index in [4.69, 9.17) is 9.72 Å². The molecule has 0 bridgehead atoms. The fourth-order valence-electron chi connectivity index (χ4n) is 5.52. The lowest BCUT2D eigenvalue weighted by Crippen LogP contribution is -2.61. The van der Waals surface area contributed by atoms with Gasteiger partial charge in [-0.25, -0.2) is 13.4 Å². The van der Waals surface area contributed by atoms with Crippen molar-refractivity contribution in [3.8, 4) is 0 Å². The summed E-state index contributed by atoms with van der Waals surface area (Å²) in [6.07, 6.45) is 5.06. The van der Waals surface area contributed by atoms with Gasteiger partial charge in [0.05, 0.1) is 11.5 Å². The molecule has 8 nitrogen and oxygen atoms in total. The molecule has 3 heterocycles. The predicted molar refractivity (Wildman–Crippen MR) is 116 cm³/mol. The largest absolute Gasteiger partial charge is 0.384 e. The van der Waals surface area contributed by atoms with Crippen LogP contribution in [0.3, 0.4) is 0 Å². The zero-order valence-corrected chi connectivity index (χ0v) is 19.1. The summed E-state index contributed by atoms with van der Waals surface area (Å²) in [5.74, 6) is 1.74. The van der Waals surface area contributed by atoms with E-state index in [-0.39, 0.29) is 11.3 Å². The number of hydrogen-bond acceptors (Lipinski definition) is 6. The smallest absolute Gasteiger partial charge is 0.243 e. The van der Waals surface area contributed by atoms with Gasteiger partial charge in [-0.15, -0.1) is 0 Å². The molecule has 2 aliphatic heterocycles. The lowest BCUT2D eigenvalue weighted by molar-refractivity contribution is 0.0636. The molecule has 2 aromatic rings. The number of aryl methyl sites for hydroxylation is 2. The number of H-pyrrole nitrogens is 1. The van der Waals surface area contributed by atoms with Crippen LogP contribution in [0.15, 0.2) is 23.1 Å². The zero-order valence-electron chi connectivity index (χ0n) is 18.3. The summed E-state index contributed by atoms with van der Waals surface area (Å²) in [5.41, 5.74) is 2.37. The fourth-order valence-corrected chi connectivity index (χ4v) is 7.20. The van der Waals surface area contributed by atoms with Crippen LogP contribution in [-0.4, -0.2) is 79.7 Å². The molecule has 31 heavy (non-hydrogen) atoms. The number of aromatic nitrogens is 3. The first kappa shape index (κ1) is 21.1. The number of likely N-dealkylation sites (N-methyl/N-ethyl adjacent to an activating group) is 1. The van der Waals surface area contributed by atoms with Gasteiger partial charge in [-0.1, -0.05) is 6.07 Å². The molecular formula is C22H31N5O3S. The quantitative estimate of drug-likeness (QED) is 0.726. The molecule has 0 amide bonds. The summed E-state index contributed by atoms with van der Waals surface area (Å²) in [6, 6.07) is 5.71. The normalized spacial score (nSPS) is 23.7. The standard InChI is InChI=1S/C22H31N5O3S/c1-26-12-19(21-23-20(24-25-21)9-10-30-2)22(13-26)14-27(15-22)31(28,29)18-8-7-16-5-3-4-6-17(16)11-18/h7-8,11,19H,3-6,9-10,12-15H2,1-2H3,(H,23,24,25). The molecular weight excluding hydrogens is 414 g/mol. The van der Waals surface area contributed by atoms with Crippen molar-refractivity contribution in [3.05, 3.63) is 41.0 Å². The van der Waals surface area contributed by atoms with Crippen LogP contribution >= 0.6 is 0 Å². The van der Waals surface area contributed by atoms with Crippen molar-refractivity contribution in [1.82, 2.24) is 24.4 Å². The monoisotopic (exact) mass is 445 g/mol. The highest BCUT2D eigenvalue weighted by Gasteiger charge is 2.58. The van der Waals surface area contributed by atoms with Crippen LogP contribution in [0.5, 0.6) is 0 Å². The number of nitrogens with one attached hydrogen (secondary N) is 1. The third-order valence-corrected chi connectivity index (χ3v) is 8.95. The van der Waals surface area contributed by atoms with Crippen LogP contribution in [0.2, 0.25) is 0 Å². The van der Waals surface area contributed by atoms with Gasteiger partial charge >= 0.3 is 0 Å². The van der Waals surface area contributed by atoms with E-state index in [1.807, 2.05) is 12.1 Å². The summed E-state index contributed by atoms with van der Waals surface area (Å²) >= 11 is 0. The first-order chi connectivity index (χ1) is 14.9. The van der Waals surface area contributed by atoms with Crippen molar-refractivity contribution in [2.45, 2.75) is 42.9 Å². The van der Waals surface area contributed by atoms with Gasteiger partial charge in [0.2, 0.25) is 10.0 Å². The van der Waals surface area contributed by atoms with Crippen molar-refractivity contribution in [1.29, 1.82) is 0 Å². The first-order valence-electron chi connectivity index (χ1n) is 11.1. The number of nitrogens with zero attached hydrogens (tertiary/aromatic N) is 4. The maximum absolute atomic E-state index is 13.3. The highest BCUT2D eigenvalue weighted by molar-refractivity contribution is 7.89. The number of likely N-dealkylation sites (tertiary alicyclic amines) is 1. The topological polar surface area (TPSA) is 91.4 Å². The molecule has 168 valence electrons. The van der Waals surface area contributed by atoms with Crippen LogP contribution < -0.4 is 0 Å². The Morgan fingerprint density at radius 2 is 1.97 bits per heavy atom. The number of benzene rings is 1. The van der Waals surface area contributed by atoms with Crippen molar-refractivity contribution < 1.29 is 13.2 Å². The van der Waals surface area contributed by atoms with E-state index >= 15 is 0 Å². The average molecular weight is 446 g/mol.